The molecule has 0 nitrogen and oxygen atoms in total. The van der Waals surface area contributed by atoms with Crippen molar-refractivity contribution in [2.24, 2.45) is 0 Å². The van der Waals surface area contributed by atoms with Crippen LogP contribution in [0.2, 0.25) is 9.63 Å². The Morgan fingerprint density at radius 2 is 1.20 bits per heavy atom. The molecule has 0 aromatic rings. The fourth-order valence-electron chi connectivity index (χ4n) is 0.326. The van der Waals surface area contributed by atoms with Gasteiger partial charge in [-0.3, -0.25) is 0 Å². The maximum absolute atomic E-state index is 2.39. The standard InChI is InChI=1S/C8H18Se2/c1-5-7(3)9-10-8(4)6-2/h7-8H,5-6H2,1-4H3. The zero-order chi connectivity index (χ0) is 7.98. The van der Waals surface area contributed by atoms with Gasteiger partial charge in [-0.05, 0) is 0 Å². The molecule has 0 aromatic carbocycles. The van der Waals surface area contributed by atoms with E-state index in [4.69, 9.17) is 0 Å². The van der Waals surface area contributed by atoms with Gasteiger partial charge >= 0.3 is 76.4 Å². The van der Waals surface area contributed by atoms with Crippen molar-refractivity contribution in [3.63, 3.8) is 0 Å². The van der Waals surface area contributed by atoms with Crippen molar-refractivity contribution in [3.05, 3.63) is 0 Å². The van der Waals surface area contributed by atoms with Gasteiger partial charge in [0.25, 0.3) is 0 Å². The summed E-state index contributed by atoms with van der Waals surface area (Å²) in [7, 11) is 0. The first-order valence-electron chi connectivity index (χ1n) is 4.02. The van der Waals surface area contributed by atoms with Gasteiger partial charge in [0.15, 0.2) is 0 Å². The minimum absolute atomic E-state index is 0.969. The summed E-state index contributed by atoms with van der Waals surface area (Å²) in [4.78, 5) is 2.06. The first-order valence-corrected chi connectivity index (χ1v) is 10.3. The van der Waals surface area contributed by atoms with Crippen LogP contribution in [0.25, 0.3) is 0 Å². The Balaban J connectivity index is 3.17. The second-order valence-electron chi connectivity index (χ2n) is 2.63. The summed E-state index contributed by atoms with van der Waals surface area (Å²) in [5, 5.41) is 0. The normalized spacial score (nSPS) is 16.8. The Labute approximate surface area is 76.4 Å². The van der Waals surface area contributed by atoms with Crippen molar-refractivity contribution in [2.45, 2.75) is 50.2 Å². The fraction of sp³-hybridized carbons (Fsp3) is 1.00. The Kier molecular flexibility index (Phi) is 7.43. The molecule has 0 saturated carbocycles. The van der Waals surface area contributed by atoms with E-state index in [0.29, 0.717) is 0 Å². The molecule has 2 unspecified atom stereocenters. The SMILES string of the molecule is CCC(C)[Se][Se]C(C)CC. The summed E-state index contributed by atoms with van der Waals surface area (Å²) in [5.74, 6) is 0. The number of hydrogen-bond acceptors (Lipinski definition) is 0. The average molecular weight is 272 g/mol. The average Bonchev–Trinajstić information content (AvgIpc) is 1.99. The molecule has 0 aliphatic rings. The molecule has 2 atom stereocenters. The third kappa shape index (κ3) is 5.80. The molecule has 0 heterocycles. The zero-order valence-corrected chi connectivity index (χ0v) is 10.8. The zero-order valence-electron chi connectivity index (χ0n) is 7.39. The van der Waals surface area contributed by atoms with Crippen molar-refractivity contribution in [2.75, 3.05) is 0 Å². The maximum atomic E-state index is 2.39. The number of rotatable bonds is 5. The predicted molar refractivity (Wildman–Crippen MR) is 50.9 cm³/mol. The number of hydrogen-bond donors (Lipinski definition) is 0. The Hall–Kier alpha value is 1.04. The first-order chi connectivity index (χ1) is 4.70. The van der Waals surface area contributed by atoms with Crippen LogP contribution in [0.1, 0.15) is 40.5 Å². The van der Waals surface area contributed by atoms with Crippen molar-refractivity contribution in [1.29, 1.82) is 0 Å². The molecule has 0 aliphatic carbocycles. The van der Waals surface area contributed by atoms with E-state index in [2.05, 4.69) is 27.7 Å². The van der Waals surface area contributed by atoms with Gasteiger partial charge < -0.3 is 0 Å². The van der Waals surface area contributed by atoms with Crippen LogP contribution in [-0.4, -0.2) is 26.3 Å². The van der Waals surface area contributed by atoms with Gasteiger partial charge in [-0.15, -0.1) is 0 Å². The van der Waals surface area contributed by atoms with E-state index >= 15 is 0 Å². The van der Waals surface area contributed by atoms with Crippen LogP contribution in [0.15, 0.2) is 0 Å². The van der Waals surface area contributed by atoms with Gasteiger partial charge in [0.1, 0.15) is 0 Å². The van der Waals surface area contributed by atoms with E-state index < -0.39 is 0 Å². The van der Waals surface area contributed by atoms with Crippen LogP contribution in [0.4, 0.5) is 0 Å². The van der Waals surface area contributed by atoms with Crippen molar-refractivity contribution in [3.8, 4) is 0 Å². The van der Waals surface area contributed by atoms with E-state index in [9.17, 15) is 0 Å². The fourth-order valence-corrected chi connectivity index (χ4v) is 8.80. The minimum atomic E-state index is 0.969. The first kappa shape index (κ1) is 11.0. The van der Waals surface area contributed by atoms with Crippen LogP contribution >= 0.6 is 0 Å². The van der Waals surface area contributed by atoms with Gasteiger partial charge in [0.2, 0.25) is 0 Å². The third-order valence-electron chi connectivity index (χ3n) is 1.53. The van der Waals surface area contributed by atoms with E-state index in [1.807, 2.05) is 0 Å². The summed E-state index contributed by atoms with van der Waals surface area (Å²) in [6.07, 6.45) is 2.77. The predicted octanol–water partition coefficient (Wildman–Crippen LogP) is 2.75. The van der Waals surface area contributed by atoms with Crippen molar-refractivity contribution < 1.29 is 0 Å². The van der Waals surface area contributed by atoms with Crippen molar-refractivity contribution in [1.82, 2.24) is 0 Å². The molecule has 62 valence electrons. The van der Waals surface area contributed by atoms with Crippen LogP contribution in [0, 0.1) is 0 Å². The van der Waals surface area contributed by atoms with E-state index in [0.717, 1.165) is 35.9 Å². The Bertz CT molecular complexity index is 63.7. The van der Waals surface area contributed by atoms with Gasteiger partial charge in [-0.1, -0.05) is 0 Å². The topological polar surface area (TPSA) is 0 Å². The Morgan fingerprint density at radius 1 is 0.900 bits per heavy atom. The summed E-state index contributed by atoms with van der Waals surface area (Å²) >= 11 is 1.94. The second-order valence-corrected chi connectivity index (χ2v) is 11.0. The van der Waals surface area contributed by atoms with Gasteiger partial charge in [-0.25, -0.2) is 0 Å². The molecule has 0 spiro atoms. The van der Waals surface area contributed by atoms with Crippen LogP contribution in [0.5, 0.6) is 0 Å². The molecule has 0 radical (unpaired) electrons. The quantitative estimate of drug-likeness (QED) is 0.675. The molecule has 10 heavy (non-hydrogen) atoms. The van der Waals surface area contributed by atoms with Crippen LogP contribution in [-0.2, 0) is 0 Å². The third-order valence-corrected chi connectivity index (χ3v) is 12.9. The molecular formula is C8H18Se2. The summed E-state index contributed by atoms with van der Waals surface area (Å²) < 4.78 is 0. The van der Waals surface area contributed by atoms with Crippen molar-refractivity contribution >= 4 is 26.3 Å². The molecular weight excluding hydrogens is 254 g/mol. The van der Waals surface area contributed by atoms with Gasteiger partial charge in [0.05, 0.1) is 0 Å². The Morgan fingerprint density at radius 3 is 1.40 bits per heavy atom. The molecule has 0 N–H and O–H groups in total. The molecule has 0 rings (SSSR count). The van der Waals surface area contributed by atoms with Crippen LogP contribution in [0.3, 0.4) is 0 Å². The molecule has 0 aliphatic heterocycles. The molecule has 0 saturated heterocycles. The van der Waals surface area contributed by atoms with Gasteiger partial charge in [-0.2, -0.15) is 0 Å². The summed E-state index contributed by atoms with van der Waals surface area (Å²) in [6.45, 7) is 9.40. The monoisotopic (exact) mass is 274 g/mol. The second kappa shape index (κ2) is 6.73. The van der Waals surface area contributed by atoms with E-state index in [1.165, 1.54) is 12.8 Å². The summed E-state index contributed by atoms with van der Waals surface area (Å²) in [6, 6.07) is 0. The molecule has 0 bridgehead atoms. The molecule has 0 fully saturated rings. The van der Waals surface area contributed by atoms with E-state index in [-0.39, 0.29) is 0 Å². The molecule has 2 heteroatoms. The summed E-state index contributed by atoms with van der Waals surface area (Å²) in [5.41, 5.74) is 0. The van der Waals surface area contributed by atoms with Crippen LogP contribution < -0.4 is 0 Å². The molecule has 0 aromatic heterocycles. The van der Waals surface area contributed by atoms with Gasteiger partial charge in [0, 0.05) is 0 Å². The van der Waals surface area contributed by atoms with E-state index in [1.54, 1.807) is 0 Å². The molecule has 0 amide bonds.